The van der Waals surface area contributed by atoms with Gasteiger partial charge in [0.25, 0.3) is 0 Å². The molecule has 2 nitrogen and oxygen atoms in total. The van der Waals surface area contributed by atoms with E-state index in [1.54, 1.807) is 0 Å². The maximum absolute atomic E-state index is 3.68. The van der Waals surface area contributed by atoms with Crippen molar-refractivity contribution in [1.29, 1.82) is 0 Å². The highest BCUT2D eigenvalue weighted by atomic mass is 15.3. The van der Waals surface area contributed by atoms with Crippen LogP contribution in [0.2, 0.25) is 0 Å². The molecule has 19 heavy (non-hydrogen) atoms. The number of aryl methyl sites for hydroxylation is 1. The van der Waals surface area contributed by atoms with Crippen LogP contribution in [0.25, 0.3) is 0 Å². The van der Waals surface area contributed by atoms with Crippen LogP contribution in [-0.4, -0.2) is 24.7 Å². The fourth-order valence-corrected chi connectivity index (χ4v) is 3.00. The molecule has 0 saturated carbocycles. The Hall–Kier alpha value is -1.02. The highest BCUT2D eigenvalue weighted by Crippen LogP contribution is 2.30. The van der Waals surface area contributed by atoms with Gasteiger partial charge in [0.2, 0.25) is 0 Å². The lowest BCUT2D eigenvalue weighted by Gasteiger charge is -2.48. The molecule has 1 aromatic rings. The van der Waals surface area contributed by atoms with Crippen LogP contribution in [0.1, 0.15) is 38.8 Å². The molecule has 0 amide bonds. The highest BCUT2D eigenvalue weighted by Gasteiger charge is 2.34. The number of rotatable bonds is 2. The molecule has 2 heteroatoms. The molecule has 0 aromatic heterocycles. The number of piperazine rings is 1. The van der Waals surface area contributed by atoms with E-state index in [-0.39, 0.29) is 5.54 Å². The van der Waals surface area contributed by atoms with Crippen molar-refractivity contribution in [2.45, 2.75) is 53.1 Å². The van der Waals surface area contributed by atoms with Crippen LogP contribution in [0.4, 0.5) is 5.69 Å². The average Bonchev–Trinajstić information content (AvgIpc) is 2.31. The normalized spacial score (nSPS) is 22.9. The third-order valence-electron chi connectivity index (χ3n) is 4.41. The van der Waals surface area contributed by atoms with Crippen LogP contribution in [0.3, 0.4) is 0 Å². The van der Waals surface area contributed by atoms with Crippen molar-refractivity contribution in [2.75, 3.05) is 18.0 Å². The minimum absolute atomic E-state index is 0.182. The summed E-state index contributed by atoms with van der Waals surface area (Å²) >= 11 is 0. The molecule has 1 heterocycles. The number of hydrogen-bond acceptors (Lipinski definition) is 2. The van der Waals surface area contributed by atoms with Crippen molar-refractivity contribution in [3.8, 4) is 0 Å². The summed E-state index contributed by atoms with van der Waals surface area (Å²) in [4.78, 5) is 2.61. The quantitative estimate of drug-likeness (QED) is 0.875. The van der Waals surface area contributed by atoms with Crippen LogP contribution in [0.15, 0.2) is 18.2 Å². The molecule has 106 valence electrons. The summed E-state index contributed by atoms with van der Waals surface area (Å²) in [5.74, 6) is 0.656. The maximum atomic E-state index is 3.68. The summed E-state index contributed by atoms with van der Waals surface area (Å²) in [5, 5.41) is 3.68. The van der Waals surface area contributed by atoms with Crippen molar-refractivity contribution >= 4 is 5.69 Å². The van der Waals surface area contributed by atoms with E-state index in [0.717, 1.165) is 13.1 Å². The first-order valence-electron chi connectivity index (χ1n) is 7.40. The molecule has 1 fully saturated rings. The third kappa shape index (κ3) is 2.94. The maximum Gasteiger partial charge on any atom is 0.0438 e. The Kier molecular flexibility index (Phi) is 3.91. The molecule has 1 aliphatic rings. The largest absolute Gasteiger partial charge is 0.365 e. The Morgan fingerprint density at radius 3 is 2.58 bits per heavy atom. The van der Waals surface area contributed by atoms with Gasteiger partial charge in [-0.05, 0) is 50.8 Å². The van der Waals surface area contributed by atoms with E-state index < -0.39 is 0 Å². The van der Waals surface area contributed by atoms with Crippen molar-refractivity contribution < 1.29 is 0 Å². The van der Waals surface area contributed by atoms with Gasteiger partial charge in [-0.2, -0.15) is 0 Å². The summed E-state index contributed by atoms with van der Waals surface area (Å²) in [5.41, 5.74) is 4.40. The zero-order valence-electron chi connectivity index (χ0n) is 13.2. The number of benzene rings is 1. The monoisotopic (exact) mass is 260 g/mol. The van der Waals surface area contributed by atoms with E-state index in [9.17, 15) is 0 Å². The summed E-state index contributed by atoms with van der Waals surface area (Å²) in [6.45, 7) is 15.8. The van der Waals surface area contributed by atoms with E-state index in [4.69, 9.17) is 0 Å². The molecule has 1 atom stereocenters. The van der Waals surface area contributed by atoms with E-state index in [1.165, 1.54) is 16.8 Å². The van der Waals surface area contributed by atoms with Crippen LogP contribution in [0.5, 0.6) is 0 Å². The summed E-state index contributed by atoms with van der Waals surface area (Å²) < 4.78 is 0. The highest BCUT2D eigenvalue weighted by molar-refractivity contribution is 5.57. The van der Waals surface area contributed by atoms with Crippen LogP contribution in [-0.2, 0) is 0 Å². The molecule has 1 N–H and O–H groups in total. The van der Waals surface area contributed by atoms with Gasteiger partial charge in [0.1, 0.15) is 0 Å². The van der Waals surface area contributed by atoms with Gasteiger partial charge >= 0.3 is 0 Å². The SMILES string of the molecule is Cc1cccc(N2CC(C)(C)NCC2C(C)C)c1C. The molecule has 1 unspecified atom stereocenters. The molecule has 0 spiro atoms. The van der Waals surface area contributed by atoms with Gasteiger partial charge in [0.05, 0.1) is 0 Å². The van der Waals surface area contributed by atoms with E-state index >= 15 is 0 Å². The van der Waals surface area contributed by atoms with E-state index in [0.29, 0.717) is 12.0 Å². The lowest BCUT2D eigenvalue weighted by molar-refractivity contribution is 0.277. The van der Waals surface area contributed by atoms with Gasteiger partial charge in [-0.3, -0.25) is 0 Å². The van der Waals surface area contributed by atoms with Gasteiger partial charge in [-0.1, -0.05) is 26.0 Å². The van der Waals surface area contributed by atoms with Gasteiger partial charge in [0, 0.05) is 30.4 Å². The number of anilines is 1. The fraction of sp³-hybridized carbons (Fsp3) is 0.647. The minimum Gasteiger partial charge on any atom is -0.365 e. The molecule has 1 aliphatic heterocycles. The van der Waals surface area contributed by atoms with Crippen molar-refractivity contribution in [3.05, 3.63) is 29.3 Å². The van der Waals surface area contributed by atoms with Gasteiger partial charge in [0.15, 0.2) is 0 Å². The fourth-order valence-electron chi connectivity index (χ4n) is 3.00. The Morgan fingerprint density at radius 2 is 1.95 bits per heavy atom. The van der Waals surface area contributed by atoms with Crippen molar-refractivity contribution in [3.63, 3.8) is 0 Å². The summed E-state index contributed by atoms with van der Waals surface area (Å²) in [6, 6.07) is 7.24. The lowest BCUT2D eigenvalue weighted by atomic mass is 9.91. The Morgan fingerprint density at radius 1 is 1.26 bits per heavy atom. The molecule has 0 aliphatic carbocycles. The van der Waals surface area contributed by atoms with Gasteiger partial charge in [-0.15, -0.1) is 0 Å². The topological polar surface area (TPSA) is 15.3 Å². The van der Waals surface area contributed by atoms with Crippen LogP contribution >= 0.6 is 0 Å². The Labute approximate surface area is 118 Å². The first-order chi connectivity index (χ1) is 8.82. The van der Waals surface area contributed by atoms with Crippen LogP contribution < -0.4 is 10.2 Å². The van der Waals surface area contributed by atoms with Crippen molar-refractivity contribution in [1.82, 2.24) is 5.32 Å². The number of hydrogen-bond donors (Lipinski definition) is 1. The third-order valence-corrected chi connectivity index (χ3v) is 4.41. The smallest absolute Gasteiger partial charge is 0.0438 e. The zero-order valence-corrected chi connectivity index (χ0v) is 13.2. The second-order valence-electron chi connectivity index (χ2n) is 6.92. The van der Waals surface area contributed by atoms with Crippen LogP contribution in [0, 0.1) is 19.8 Å². The summed E-state index contributed by atoms with van der Waals surface area (Å²) in [6.07, 6.45) is 0. The molecular formula is C17H28N2. The predicted molar refractivity (Wildman–Crippen MR) is 84.0 cm³/mol. The predicted octanol–water partition coefficient (Wildman–Crippen LogP) is 3.52. The second kappa shape index (κ2) is 5.16. The minimum atomic E-state index is 0.182. The number of nitrogens with one attached hydrogen (secondary N) is 1. The number of nitrogens with zero attached hydrogens (tertiary/aromatic N) is 1. The second-order valence-corrected chi connectivity index (χ2v) is 6.92. The van der Waals surface area contributed by atoms with E-state index in [1.807, 2.05) is 0 Å². The molecule has 2 rings (SSSR count). The molecule has 1 aromatic carbocycles. The average molecular weight is 260 g/mol. The van der Waals surface area contributed by atoms with Gasteiger partial charge in [-0.25, -0.2) is 0 Å². The first kappa shape index (κ1) is 14.4. The molecule has 0 bridgehead atoms. The van der Waals surface area contributed by atoms with Gasteiger partial charge < -0.3 is 10.2 Å². The van der Waals surface area contributed by atoms with Crippen molar-refractivity contribution in [2.24, 2.45) is 5.92 Å². The summed E-state index contributed by atoms with van der Waals surface area (Å²) in [7, 11) is 0. The Balaban J connectivity index is 2.39. The zero-order chi connectivity index (χ0) is 14.2. The molecule has 0 radical (unpaired) electrons. The molecular weight excluding hydrogens is 232 g/mol. The van der Waals surface area contributed by atoms with E-state index in [2.05, 4.69) is 70.0 Å². The molecule has 1 saturated heterocycles. The lowest BCUT2D eigenvalue weighted by Crippen LogP contribution is -2.63. The standard InChI is InChI=1S/C17H28N2/c1-12(2)16-10-18-17(5,6)11-19(16)15-9-7-8-13(3)14(15)4/h7-9,12,16,18H,10-11H2,1-6H3. The Bertz CT molecular complexity index is 449. The first-order valence-corrected chi connectivity index (χ1v) is 7.40.